The van der Waals surface area contributed by atoms with Crippen LogP contribution in [0.4, 0.5) is 5.69 Å². The molecule has 3 nitrogen and oxygen atoms in total. The van der Waals surface area contributed by atoms with Crippen molar-refractivity contribution in [3.63, 3.8) is 0 Å². The van der Waals surface area contributed by atoms with Crippen molar-refractivity contribution in [2.75, 3.05) is 11.9 Å². The summed E-state index contributed by atoms with van der Waals surface area (Å²) < 4.78 is 0. The average molecular weight is 247 g/mol. The molecular weight excluding hydrogens is 226 g/mol. The number of aliphatic carboxylic acids is 1. The number of hydrogen-bond donors (Lipinski definition) is 2. The second kappa shape index (κ2) is 6.43. The van der Waals surface area contributed by atoms with Crippen molar-refractivity contribution in [2.45, 2.75) is 44.9 Å². The minimum Gasteiger partial charge on any atom is -0.481 e. The van der Waals surface area contributed by atoms with Crippen LogP contribution in [0.3, 0.4) is 0 Å². The predicted molar refractivity (Wildman–Crippen MR) is 73.1 cm³/mol. The van der Waals surface area contributed by atoms with Gasteiger partial charge in [0.05, 0.1) is 0 Å². The molecule has 0 radical (unpaired) electrons. The third kappa shape index (κ3) is 3.49. The van der Waals surface area contributed by atoms with E-state index < -0.39 is 5.97 Å². The fourth-order valence-corrected chi connectivity index (χ4v) is 2.57. The van der Waals surface area contributed by atoms with E-state index in [9.17, 15) is 4.79 Å². The Kier molecular flexibility index (Phi) is 4.62. The molecule has 1 aromatic rings. The molecule has 2 rings (SSSR count). The number of anilines is 1. The summed E-state index contributed by atoms with van der Waals surface area (Å²) in [5.74, 6) is -0.702. The maximum absolute atomic E-state index is 10.4. The van der Waals surface area contributed by atoms with Gasteiger partial charge in [-0.3, -0.25) is 4.79 Å². The van der Waals surface area contributed by atoms with E-state index in [1.165, 1.54) is 42.5 Å². The molecule has 1 aromatic carbocycles. The quantitative estimate of drug-likeness (QED) is 0.759. The number of hydrogen-bond acceptors (Lipinski definition) is 2. The van der Waals surface area contributed by atoms with Gasteiger partial charge in [0.15, 0.2) is 0 Å². The first-order valence-electron chi connectivity index (χ1n) is 6.84. The molecule has 1 aliphatic rings. The van der Waals surface area contributed by atoms with Crippen molar-refractivity contribution in [3.8, 4) is 0 Å². The molecule has 98 valence electrons. The molecule has 2 N–H and O–H groups in total. The number of benzene rings is 1. The van der Waals surface area contributed by atoms with E-state index in [1.54, 1.807) is 0 Å². The molecule has 0 amide bonds. The monoisotopic (exact) mass is 247 g/mol. The van der Waals surface area contributed by atoms with E-state index in [0.717, 1.165) is 19.4 Å². The van der Waals surface area contributed by atoms with Gasteiger partial charge in [-0.1, -0.05) is 12.1 Å². The summed E-state index contributed by atoms with van der Waals surface area (Å²) in [4.78, 5) is 10.4. The molecule has 0 aliphatic heterocycles. The number of rotatable bonds is 6. The van der Waals surface area contributed by atoms with Gasteiger partial charge < -0.3 is 10.4 Å². The van der Waals surface area contributed by atoms with Gasteiger partial charge >= 0.3 is 5.97 Å². The molecule has 0 aromatic heterocycles. The lowest BCUT2D eigenvalue weighted by Gasteiger charge is -2.20. The molecule has 0 spiro atoms. The van der Waals surface area contributed by atoms with Crippen LogP contribution in [0.2, 0.25) is 0 Å². The highest BCUT2D eigenvalue weighted by atomic mass is 16.4. The van der Waals surface area contributed by atoms with E-state index in [-0.39, 0.29) is 6.42 Å². The fraction of sp³-hybridized carbons (Fsp3) is 0.533. The first kappa shape index (κ1) is 12.9. The van der Waals surface area contributed by atoms with Gasteiger partial charge in [-0.2, -0.15) is 0 Å². The molecule has 0 fully saturated rings. The Morgan fingerprint density at radius 2 is 2.06 bits per heavy atom. The minimum absolute atomic E-state index is 0.272. The summed E-state index contributed by atoms with van der Waals surface area (Å²) in [5.41, 5.74) is 4.21. The van der Waals surface area contributed by atoms with Crippen molar-refractivity contribution >= 4 is 11.7 Å². The van der Waals surface area contributed by atoms with Gasteiger partial charge in [0.1, 0.15) is 0 Å². The summed E-state index contributed by atoms with van der Waals surface area (Å²) in [7, 11) is 0. The summed E-state index contributed by atoms with van der Waals surface area (Å²) >= 11 is 0. The Balaban J connectivity index is 1.84. The normalized spacial score (nSPS) is 14.0. The zero-order valence-corrected chi connectivity index (χ0v) is 10.7. The molecule has 0 saturated carbocycles. The molecular formula is C15H21NO2. The minimum atomic E-state index is -0.702. The van der Waals surface area contributed by atoms with Crippen molar-refractivity contribution in [1.82, 2.24) is 0 Å². The highest BCUT2D eigenvalue weighted by Gasteiger charge is 2.12. The van der Waals surface area contributed by atoms with Gasteiger partial charge in [-0.15, -0.1) is 0 Å². The Morgan fingerprint density at radius 1 is 1.22 bits per heavy atom. The topological polar surface area (TPSA) is 49.3 Å². The van der Waals surface area contributed by atoms with E-state index in [4.69, 9.17) is 5.11 Å². The summed E-state index contributed by atoms with van der Waals surface area (Å²) in [6.45, 7) is 0.865. The summed E-state index contributed by atoms with van der Waals surface area (Å²) in [6, 6.07) is 6.48. The molecule has 0 heterocycles. The van der Waals surface area contributed by atoms with E-state index >= 15 is 0 Å². The lowest BCUT2D eigenvalue weighted by atomic mass is 9.90. The number of carbonyl (C=O) groups is 1. The number of carboxylic acids is 1. The van der Waals surface area contributed by atoms with Crippen molar-refractivity contribution in [1.29, 1.82) is 0 Å². The second-order valence-corrected chi connectivity index (χ2v) is 4.93. The van der Waals surface area contributed by atoms with E-state index in [2.05, 4.69) is 23.5 Å². The van der Waals surface area contributed by atoms with Gasteiger partial charge in [0, 0.05) is 18.7 Å². The lowest BCUT2D eigenvalue weighted by Crippen LogP contribution is -2.09. The van der Waals surface area contributed by atoms with Crippen LogP contribution in [0.15, 0.2) is 18.2 Å². The van der Waals surface area contributed by atoms with Crippen LogP contribution < -0.4 is 5.32 Å². The second-order valence-electron chi connectivity index (χ2n) is 4.93. The van der Waals surface area contributed by atoms with Crippen LogP contribution in [0.5, 0.6) is 0 Å². The van der Waals surface area contributed by atoms with Crippen molar-refractivity contribution in [3.05, 3.63) is 29.3 Å². The van der Waals surface area contributed by atoms with Crippen LogP contribution in [-0.4, -0.2) is 17.6 Å². The van der Waals surface area contributed by atoms with Crippen LogP contribution in [0.25, 0.3) is 0 Å². The lowest BCUT2D eigenvalue weighted by molar-refractivity contribution is -0.137. The van der Waals surface area contributed by atoms with Crippen LogP contribution in [0, 0.1) is 0 Å². The van der Waals surface area contributed by atoms with Gasteiger partial charge in [-0.25, -0.2) is 0 Å². The highest BCUT2D eigenvalue weighted by molar-refractivity contribution is 5.66. The largest absolute Gasteiger partial charge is 0.481 e. The van der Waals surface area contributed by atoms with Crippen LogP contribution >= 0.6 is 0 Å². The molecule has 18 heavy (non-hydrogen) atoms. The standard InChI is InChI=1S/C15H21NO2/c17-15(18)10-3-4-11-16-14-9-5-7-12-6-1-2-8-13(12)14/h5,7,9,16H,1-4,6,8,10-11H2,(H,17,18). The van der Waals surface area contributed by atoms with Gasteiger partial charge in [0.2, 0.25) is 0 Å². The predicted octanol–water partition coefficient (Wildman–Crippen LogP) is 3.23. The third-order valence-electron chi connectivity index (χ3n) is 3.53. The maximum atomic E-state index is 10.4. The molecule has 0 saturated heterocycles. The fourth-order valence-electron chi connectivity index (χ4n) is 2.57. The first-order valence-corrected chi connectivity index (χ1v) is 6.84. The molecule has 3 heteroatoms. The third-order valence-corrected chi connectivity index (χ3v) is 3.53. The van der Waals surface area contributed by atoms with Gasteiger partial charge in [-0.05, 0) is 55.7 Å². The zero-order valence-electron chi connectivity index (χ0n) is 10.7. The average Bonchev–Trinajstić information content (AvgIpc) is 2.38. The van der Waals surface area contributed by atoms with Crippen molar-refractivity contribution in [2.24, 2.45) is 0 Å². The Bertz CT molecular complexity index is 415. The number of fused-ring (bicyclic) bond motifs is 1. The first-order chi connectivity index (χ1) is 8.77. The molecule has 1 aliphatic carbocycles. The molecule has 0 atom stereocenters. The Hall–Kier alpha value is -1.51. The van der Waals surface area contributed by atoms with E-state index in [0.29, 0.717) is 0 Å². The van der Waals surface area contributed by atoms with Gasteiger partial charge in [0.25, 0.3) is 0 Å². The van der Waals surface area contributed by atoms with Crippen LogP contribution in [-0.2, 0) is 17.6 Å². The molecule has 0 bridgehead atoms. The smallest absolute Gasteiger partial charge is 0.303 e. The molecule has 0 unspecified atom stereocenters. The maximum Gasteiger partial charge on any atom is 0.303 e. The van der Waals surface area contributed by atoms with E-state index in [1.807, 2.05) is 0 Å². The van der Waals surface area contributed by atoms with Crippen LogP contribution in [0.1, 0.15) is 43.2 Å². The highest BCUT2D eigenvalue weighted by Crippen LogP contribution is 2.27. The summed E-state index contributed by atoms with van der Waals surface area (Å²) in [6.07, 6.45) is 6.89. The Morgan fingerprint density at radius 3 is 2.89 bits per heavy atom. The SMILES string of the molecule is O=C(O)CCCCNc1cccc2c1CCCC2. The number of unbranched alkanes of at least 4 members (excludes halogenated alkanes) is 1. The number of nitrogens with one attached hydrogen (secondary N) is 1. The van der Waals surface area contributed by atoms with Crippen molar-refractivity contribution < 1.29 is 9.90 Å². The zero-order chi connectivity index (χ0) is 12.8. The number of aryl methyl sites for hydroxylation is 1. The Labute approximate surface area is 108 Å². The summed E-state index contributed by atoms with van der Waals surface area (Å²) in [5, 5.41) is 12.0. The number of carboxylic acid groups (broad SMARTS) is 1.